The number of hydrogen-bond acceptors (Lipinski definition) is 5. The zero-order valence-electron chi connectivity index (χ0n) is 14.9. The molecule has 0 spiro atoms. The largest absolute Gasteiger partial charge is 0.277 e. The second-order valence-corrected chi connectivity index (χ2v) is 10.8. The molecular weight excluding hydrogens is 428 g/mol. The lowest BCUT2D eigenvalue weighted by atomic mass is 10.3. The van der Waals surface area contributed by atoms with Crippen LogP contribution in [0, 0.1) is 0 Å². The first-order chi connectivity index (χ1) is 13.9. The summed E-state index contributed by atoms with van der Waals surface area (Å²) < 4.78 is 57.0. The van der Waals surface area contributed by atoms with Crippen molar-refractivity contribution in [1.82, 2.24) is 0 Å². The van der Waals surface area contributed by atoms with Gasteiger partial charge in [-0.15, -0.1) is 11.3 Å². The van der Waals surface area contributed by atoms with Crippen LogP contribution in [0.15, 0.2) is 94.0 Å². The van der Waals surface area contributed by atoms with Gasteiger partial charge in [0, 0.05) is 4.70 Å². The zero-order chi connectivity index (χ0) is 20.5. The van der Waals surface area contributed by atoms with Gasteiger partial charge in [-0.1, -0.05) is 48.5 Å². The predicted molar refractivity (Wildman–Crippen MR) is 116 cm³/mol. The molecule has 6 nitrogen and oxygen atoms in total. The molecule has 0 aliphatic carbocycles. The number of sulfonamides is 2. The molecule has 0 aliphatic heterocycles. The first-order valence-corrected chi connectivity index (χ1v) is 12.3. The van der Waals surface area contributed by atoms with E-state index in [0.717, 1.165) is 21.4 Å². The molecule has 148 valence electrons. The van der Waals surface area contributed by atoms with Crippen molar-refractivity contribution in [2.75, 3.05) is 9.44 Å². The number of rotatable bonds is 6. The molecular formula is C20H16N2O4S3. The highest BCUT2D eigenvalue weighted by Gasteiger charge is 2.21. The van der Waals surface area contributed by atoms with E-state index >= 15 is 0 Å². The van der Waals surface area contributed by atoms with Crippen LogP contribution in [0.1, 0.15) is 0 Å². The molecule has 3 aromatic carbocycles. The van der Waals surface area contributed by atoms with Crippen LogP contribution in [0.25, 0.3) is 10.1 Å². The van der Waals surface area contributed by atoms with Crippen LogP contribution < -0.4 is 9.44 Å². The van der Waals surface area contributed by atoms with Gasteiger partial charge < -0.3 is 0 Å². The third kappa shape index (κ3) is 4.12. The molecule has 4 aromatic rings. The van der Waals surface area contributed by atoms with Crippen molar-refractivity contribution in [2.24, 2.45) is 0 Å². The van der Waals surface area contributed by atoms with Crippen LogP contribution >= 0.6 is 11.3 Å². The van der Waals surface area contributed by atoms with E-state index < -0.39 is 20.0 Å². The molecule has 9 heteroatoms. The van der Waals surface area contributed by atoms with Gasteiger partial charge in [0.25, 0.3) is 20.0 Å². The molecule has 0 saturated carbocycles. The lowest BCUT2D eigenvalue weighted by Crippen LogP contribution is -2.17. The summed E-state index contributed by atoms with van der Waals surface area (Å²) >= 11 is 1.15. The smallest absolute Gasteiger partial charge is 0.271 e. The summed E-state index contributed by atoms with van der Waals surface area (Å²) in [6.07, 6.45) is 0. The van der Waals surface area contributed by atoms with Crippen LogP contribution in [0.4, 0.5) is 11.4 Å². The highest BCUT2D eigenvalue weighted by atomic mass is 32.2. The fourth-order valence-electron chi connectivity index (χ4n) is 2.75. The number of nitrogens with one attached hydrogen (secondary N) is 2. The summed E-state index contributed by atoms with van der Waals surface area (Å²) in [6.45, 7) is 0. The Morgan fingerprint density at radius 1 is 0.621 bits per heavy atom. The van der Waals surface area contributed by atoms with Gasteiger partial charge in [-0.25, -0.2) is 16.8 Å². The summed E-state index contributed by atoms with van der Waals surface area (Å²) in [7, 11) is -7.74. The summed E-state index contributed by atoms with van der Waals surface area (Å²) in [4.78, 5) is 0.0853. The van der Waals surface area contributed by atoms with Crippen molar-refractivity contribution >= 4 is 52.8 Å². The van der Waals surface area contributed by atoms with E-state index in [2.05, 4.69) is 9.44 Å². The van der Waals surface area contributed by atoms with Crippen molar-refractivity contribution in [3.8, 4) is 0 Å². The Bertz CT molecular complexity index is 1350. The van der Waals surface area contributed by atoms with Gasteiger partial charge in [-0.3, -0.25) is 9.44 Å². The first-order valence-electron chi connectivity index (χ1n) is 8.53. The van der Waals surface area contributed by atoms with Crippen LogP contribution in [-0.2, 0) is 20.0 Å². The maximum absolute atomic E-state index is 12.9. The molecule has 29 heavy (non-hydrogen) atoms. The second kappa shape index (κ2) is 7.51. The summed E-state index contributed by atoms with van der Waals surface area (Å²) in [5, 5.41) is 0.830. The van der Waals surface area contributed by atoms with Gasteiger partial charge >= 0.3 is 0 Å². The highest BCUT2D eigenvalue weighted by molar-refractivity contribution is 7.95. The third-order valence-corrected chi connectivity index (χ3v) is 8.47. The summed E-state index contributed by atoms with van der Waals surface area (Å²) in [5.74, 6) is 0. The lowest BCUT2D eigenvalue weighted by Gasteiger charge is -2.14. The molecule has 0 amide bonds. The Morgan fingerprint density at radius 3 is 1.83 bits per heavy atom. The van der Waals surface area contributed by atoms with E-state index in [1.807, 2.05) is 24.3 Å². The van der Waals surface area contributed by atoms with Gasteiger partial charge in [0.05, 0.1) is 16.3 Å². The van der Waals surface area contributed by atoms with E-state index in [1.165, 1.54) is 24.3 Å². The minimum Gasteiger partial charge on any atom is -0.277 e. The molecule has 1 aromatic heterocycles. The number of thiophene rings is 1. The van der Waals surface area contributed by atoms with Gasteiger partial charge in [0.1, 0.15) is 4.21 Å². The Hall–Kier alpha value is -2.88. The van der Waals surface area contributed by atoms with E-state index in [0.29, 0.717) is 0 Å². The minimum atomic E-state index is -3.88. The Balaban J connectivity index is 1.66. The lowest BCUT2D eigenvalue weighted by molar-refractivity contribution is 0.599. The van der Waals surface area contributed by atoms with Crippen LogP contribution in [0.2, 0.25) is 0 Å². The summed E-state index contributed by atoms with van der Waals surface area (Å²) in [5.41, 5.74) is 0.283. The van der Waals surface area contributed by atoms with Crippen LogP contribution in [-0.4, -0.2) is 16.8 Å². The van der Waals surface area contributed by atoms with Gasteiger partial charge in [0.15, 0.2) is 0 Å². The van der Waals surface area contributed by atoms with E-state index in [4.69, 9.17) is 0 Å². The fraction of sp³-hybridized carbons (Fsp3) is 0. The minimum absolute atomic E-state index is 0.0853. The van der Waals surface area contributed by atoms with Crippen molar-refractivity contribution in [3.05, 3.63) is 84.9 Å². The molecule has 1 heterocycles. The first kappa shape index (κ1) is 19.4. The molecule has 0 unspecified atom stereocenters. The van der Waals surface area contributed by atoms with Gasteiger partial charge in [0.2, 0.25) is 0 Å². The number of anilines is 2. The Kier molecular flexibility index (Phi) is 5.03. The number of para-hydroxylation sites is 2. The summed E-state index contributed by atoms with van der Waals surface area (Å²) in [6, 6.07) is 23.1. The maximum Gasteiger partial charge on any atom is 0.271 e. The van der Waals surface area contributed by atoms with Crippen molar-refractivity contribution < 1.29 is 16.8 Å². The molecule has 4 rings (SSSR count). The Morgan fingerprint density at radius 2 is 1.17 bits per heavy atom. The normalized spacial score (nSPS) is 12.0. The van der Waals surface area contributed by atoms with Crippen molar-refractivity contribution in [1.29, 1.82) is 0 Å². The topological polar surface area (TPSA) is 92.3 Å². The Labute approximate surface area is 172 Å². The molecule has 2 N–H and O–H groups in total. The van der Waals surface area contributed by atoms with Gasteiger partial charge in [-0.05, 0) is 41.8 Å². The van der Waals surface area contributed by atoms with E-state index in [9.17, 15) is 16.8 Å². The molecule has 0 atom stereocenters. The number of hydrogen-bond donors (Lipinski definition) is 2. The van der Waals surface area contributed by atoms with Gasteiger partial charge in [-0.2, -0.15) is 0 Å². The molecule has 0 saturated heterocycles. The van der Waals surface area contributed by atoms with E-state index in [-0.39, 0.29) is 20.5 Å². The molecule has 0 bridgehead atoms. The van der Waals surface area contributed by atoms with Crippen LogP contribution in [0.5, 0.6) is 0 Å². The van der Waals surface area contributed by atoms with Crippen molar-refractivity contribution in [2.45, 2.75) is 9.10 Å². The monoisotopic (exact) mass is 444 g/mol. The van der Waals surface area contributed by atoms with Crippen LogP contribution in [0.3, 0.4) is 0 Å². The SMILES string of the molecule is O=S(=O)(Nc1ccccc1NS(=O)(=O)c1cc2ccccc2s1)c1ccccc1. The maximum atomic E-state index is 12.9. The highest BCUT2D eigenvalue weighted by Crippen LogP contribution is 2.32. The average Bonchev–Trinajstić information content (AvgIpc) is 3.15. The standard InChI is InChI=1S/C20H16N2O4S3/c23-28(24,16-9-2-1-3-10-16)21-17-11-5-6-12-18(17)22-29(25,26)20-14-15-8-4-7-13-19(15)27-20/h1-14,21-22H. The molecule has 0 fully saturated rings. The van der Waals surface area contributed by atoms with E-state index in [1.54, 1.807) is 36.4 Å². The molecule has 0 radical (unpaired) electrons. The third-order valence-electron chi connectivity index (χ3n) is 4.14. The number of fused-ring (bicyclic) bond motifs is 1. The zero-order valence-corrected chi connectivity index (χ0v) is 17.4. The number of benzene rings is 3. The average molecular weight is 445 g/mol. The van der Waals surface area contributed by atoms with Crippen molar-refractivity contribution in [3.63, 3.8) is 0 Å². The molecule has 0 aliphatic rings. The predicted octanol–water partition coefficient (Wildman–Crippen LogP) is 4.50. The quantitative estimate of drug-likeness (QED) is 0.458. The fourth-order valence-corrected chi connectivity index (χ4v) is 6.33. The second-order valence-electron chi connectivity index (χ2n) is 6.17.